The number of benzene rings is 5. The quantitative estimate of drug-likeness (QED) is 0.129. The predicted molar refractivity (Wildman–Crippen MR) is 184 cm³/mol. The van der Waals surface area contributed by atoms with Gasteiger partial charge in [-0.1, -0.05) is 140 Å². The molecule has 3 N–H and O–H groups in total. The summed E-state index contributed by atoms with van der Waals surface area (Å²) in [6.45, 7) is 0.0717. The van der Waals surface area contributed by atoms with Gasteiger partial charge in [0, 0.05) is 11.7 Å². The minimum atomic E-state index is -1.24. The molecule has 5 aromatic carbocycles. The first kappa shape index (κ1) is 31.6. The maximum atomic E-state index is 13.6. The lowest BCUT2D eigenvalue weighted by atomic mass is 9.77. The zero-order valence-electron chi connectivity index (χ0n) is 25.5. The lowest BCUT2D eigenvalue weighted by Crippen LogP contribution is -2.48. The Balaban J connectivity index is 1.11. The van der Waals surface area contributed by atoms with Gasteiger partial charge in [-0.2, -0.15) is 0 Å². The van der Waals surface area contributed by atoms with Crippen LogP contribution < -0.4 is 10.6 Å². The van der Waals surface area contributed by atoms with Crippen molar-refractivity contribution in [1.29, 1.82) is 0 Å². The van der Waals surface area contributed by atoms with Crippen LogP contribution in [0.25, 0.3) is 11.1 Å². The van der Waals surface area contributed by atoms with Gasteiger partial charge in [0.15, 0.2) is 0 Å². The number of carboxylic acid groups (broad SMARTS) is 1. The van der Waals surface area contributed by atoms with Crippen LogP contribution in [0.4, 0.5) is 4.79 Å². The van der Waals surface area contributed by atoms with E-state index in [0.717, 1.165) is 50.7 Å². The van der Waals surface area contributed by atoms with Crippen molar-refractivity contribution >= 4 is 29.7 Å². The SMILES string of the molecule is O=C(CSC[C@H](NC(=O)OCC1c2ccccc2-c2ccccc21)C(=O)O)NC(c1ccccc1)(c1ccccc1)c1ccccc1. The summed E-state index contributed by atoms with van der Waals surface area (Å²) in [4.78, 5) is 38.5. The molecule has 8 heteroatoms. The highest BCUT2D eigenvalue weighted by Crippen LogP contribution is 2.44. The number of amides is 2. The van der Waals surface area contributed by atoms with E-state index in [-0.39, 0.29) is 29.9 Å². The molecule has 6 rings (SSSR count). The zero-order valence-corrected chi connectivity index (χ0v) is 26.4. The first-order valence-electron chi connectivity index (χ1n) is 15.4. The van der Waals surface area contributed by atoms with Crippen LogP contribution in [-0.4, -0.2) is 47.2 Å². The molecule has 0 spiro atoms. The smallest absolute Gasteiger partial charge is 0.407 e. The number of fused-ring (bicyclic) bond motifs is 3. The summed E-state index contributed by atoms with van der Waals surface area (Å²) in [7, 11) is 0. The number of hydrogen-bond donors (Lipinski definition) is 3. The van der Waals surface area contributed by atoms with E-state index in [1.165, 1.54) is 0 Å². The molecule has 1 aliphatic carbocycles. The summed E-state index contributed by atoms with van der Waals surface area (Å²) in [5.74, 6) is -1.68. The second-order valence-corrected chi connectivity index (χ2v) is 12.3. The van der Waals surface area contributed by atoms with E-state index in [2.05, 4.69) is 10.6 Å². The number of nitrogens with one attached hydrogen (secondary N) is 2. The van der Waals surface area contributed by atoms with Crippen LogP contribution in [0.5, 0.6) is 0 Å². The highest BCUT2D eigenvalue weighted by molar-refractivity contribution is 8.00. The summed E-state index contributed by atoms with van der Waals surface area (Å²) in [6, 6.07) is 44.0. The average molecular weight is 643 g/mol. The molecule has 0 radical (unpaired) electrons. The highest BCUT2D eigenvalue weighted by Gasteiger charge is 2.38. The first-order chi connectivity index (χ1) is 23.0. The highest BCUT2D eigenvalue weighted by atomic mass is 32.2. The Labute approximate surface area is 278 Å². The maximum absolute atomic E-state index is 13.6. The molecule has 1 aliphatic rings. The van der Waals surface area contributed by atoms with Crippen molar-refractivity contribution < 1.29 is 24.2 Å². The Morgan fingerprint density at radius 1 is 0.681 bits per heavy atom. The van der Waals surface area contributed by atoms with Gasteiger partial charge in [-0.3, -0.25) is 4.79 Å². The summed E-state index contributed by atoms with van der Waals surface area (Å²) >= 11 is 1.13. The molecular weight excluding hydrogens is 609 g/mol. The summed E-state index contributed by atoms with van der Waals surface area (Å²) < 4.78 is 5.56. The average Bonchev–Trinajstić information content (AvgIpc) is 3.44. The fourth-order valence-corrected chi connectivity index (χ4v) is 7.09. The van der Waals surface area contributed by atoms with Crippen molar-refractivity contribution in [3.63, 3.8) is 0 Å². The summed E-state index contributed by atoms with van der Waals surface area (Å²) in [5, 5.41) is 15.6. The van der Waals surface area contributed by atoms with E-state index >= 15 is 0 Å². The molecule has 2 amide bonds. The van der Waals surface area contributed by atoms with Gasteiger partial charge in [-0.15, -0.1) is 11.8 Å². The summed E-state index contributed by atoms with van der Waals surface area (Å²) in [5.41, 5.74) is 6.01. The van der Waals surface area contributed by atoms with Gasteiger partial charge in [0.25, 0.3) is 0 Å². The Hall–Kier alpha value is -5.34. The first-order valence-corrected chi connectivity index (χ1v) is 16.5. The molecule has 7 nitrogen and oxygen atoms in total. The zero-order chi connectivity index (χ0) is 32.6. The molecule has 0 saturated carbocycles. The Bertz CT molecular complexity index is 1710. The van der Waals surface area contributed by atoms with Gasteiger partial charge >= 0.3 is 12.1 Å². The van der Waals surface area contributed by atoms with Crippen LogP contribution in [0.15, 0.2) is 140 Å². The molecule has 0 fully saturated rings. The molecule has 5 aromatic rings. The van der Waals surface area contributed by atoms with Crippen molar-refractivity contribution in [3.8, 4) is 11.1 Å². The lowest BCUT2D eigenvalue weighted by Gasteiger charge is -2.37. The van der Waals surface area contributed by atoms with E-state index in [9.17, 15) is 19.5 Å². The van der Waals surface area contributed by atoms with Crippen LogP contribution in [0.2, 0.25) is 0 Å². The number of ether oxygens (including phenoxy) is 1. The molecule has 0 unspecified atom stereocenters. The topological polar surface area (TPSA) is 105 Å². The molecule has 47 heavy (non-hydrogen) atoms. The van der Waals surface area contributed by atoms with Crippen LogP contribution >= 0.6 is 11.8 Å². The third-order valence-electron chi connectivity index (χ3n) is 8.40. The molecule has 236 valence electrons. The maximum Gasteiger partial charge on any atom is 0.407 e. The minimum Gasteiger partial charge on any atom is -0.480 e. The lowest BCUT2D eigenvalue weighted by molar-refractivity contribution is -0.138. The molecule has 0 bridgehead atoms. The fourth-order valence-electron chi connectivity index (χ4n) is 6.25. The second-order valence-electron chi connectivity index (χ2n) is 11.3. The molecule has 0 saturated heterocycles. The predicted octanol–water partition coefficient (Wildman–Crippen LogP) is 6.82. The molecule has 0 aliphatic heterocycles. The van der Waals surface area contributed by atoms with Gasteiger partial charge < -0.3 is 20.5 Å². The monoisotopic (exact) mass is 642 g/mol. The normalized spacial score (nSPS) is 12.8. The Morgan fingerprint density at radius 2 is 1.13 bits per heavy atom. The van der Waals surface area contributed by atoms with E-state index in [1.54, 1.807) is 0 Å². The number of carboxylic acids is 1. The Kier molecular flexibility index (Phi) is 9.69. The van der Waals surface area contributed by atoms with Crippen molar-refractivity contribution in [3.05, 3.63) is 167 Å². The summed E-state index contributed by atoms with van der Waals surface area (Å²) in [6.07, 6.45) is -0.819. The Morgan fingerprint density at radius 3 is 1.60 bits per heavy atom. The van der Waals surface area contributed by atoms with Gasteiger partial charge in [0.1, 0.15) is 18.2 Å². The minimum absolute atomic E-state index is 0.0234. The number of carbonyl (C=O) groups excluding carboxylic acids is 2. The molecule has 0 heterocycles. The van der Waals surface area contributed by atoms with Crippen LogP contribution in [0.1, 0.15) is 33.7 Å². The van der Waals surface area contributed by atoms with E-state index in [1.807, 2.05) is 140 Å². The standard InChI is InChI=1S/C39H34N2O5S/c42-36(41-39(27-14-4-1-5-15-27,28-16-6-2-7-17-28)29-18-8-3-9-19-29)26-47-25-35(37(43)44)40-38(45)46-24-34-32-22-12-10-20-30(32)31-21-11-13-23-33(31)34/h1-23,34-35H,24-26H2,(H,40,45)(H,41,42)(H,43,44)/t35-/m0/s1. The third-order valence-corrected chi connectivity index (χ3v) is 9.43. The van der Waals surface area contributed by atoms with E-state index in [0.29, 0.717) is 0 Å². The number of carbonyl (C=O) groups is 3. The number of aliphatic carboxylic acids is 1. The third kappa shape index (κ3) is 6.78. The van der Waals surface area contributed by atoms with Crippen molar-refractivity contribution in [2.75, 3.05) is 18.1 Å². The van der Waals surface area contributed by atoms with Gasteiger partial charge in [-0.25, -0.2) is 9.59 Å². The van der Waals surface area contributed by atoms with Crippen LogP contribution in [0.3, 0.4) is 0 Å². The molecule has 1 atom stereocenters. The molecule has 0 aromatic heterocycles. The van der Waals surface area contributed by atoms with Gasteiger partial charge in [0.2, 0.25) is 5.91 Å². The van der Waals surface area contributed by atoms with Gasteiger partial charge in [0.05, 0.1) is 5.75 Å². The largest absolute Gasteiger partial charge is 0.480 e. The number of thioether (sulfide) groups is 1. The number of hydrogen-bond acceptors (Lipinski definition) is 5. The number of alkyl carbamates (subject to hydrolysis) is 1. The fraction of sp³-hybridized carbons (Fsp3) is 0.154. The van der Waals surface area contributed by atoms with Gasteiger partial charge in [-0.05, 0) is 38.9 Å². The van der Waals surface area contributed by atoms with Crippen LogP contribution in [0, 0.1) is 0 Å². The van der Waals surface area contributed by atoms with Crippen molar-refractivity contribution in [1.82, 2.24) is 10.6 Å². The van der Waals surface area contributed by atoms with Crippen molar-refractivity contribution in [2.24, 2.45) is 0 Å². The number of rotatable bonds is 12. The van der Waals surface area contributed by atoms with E-state index in [4.69, 9.17) is 4.74 Å². The second kappa shape index (κ2) is 14.4. The van der Waals surface area contributed by atoms with Crippen LogP contribution in [-0.2, 0) is 19.9 Å². The molecular formula is C39H34N2O5S. The van der Waals surface area contributed by atoms with Crippen molar-refractivity contribution in [2.45, 2.75) is 17.5 Å². The van der Waals surface area contributed by atoms with E-state index < -0.39 is 23.6 Å².